The molecule has 0 bridgehead atoms. The van der Waals surface area contributed by atoms with Gasteiger partial charge in [-0.2, -0.15) is 0 Å². The predicted octanol–water partition coefficient (Wildman–Crippen LogP) is 2.18. The topological polar surface area (TPSA) is 67.1 Å². The van der Waals surface area contributed by atoms with Crippen molar-refractivity contribution in [2.45, 2.75) is 6.54 Å². The standard InChI is InChI=1S/C14H13F2N3O/c15-10-6-5-9(12(16)7-10)8-18-14(20)11-3-1-2-4-13(11)19-17/h1-7,19H,8,17H2,(H,18,20). The third-order valence-electron chi connectivity index (χ3n) is 2.78. The summed E-state index contributed by atoms with van der Waals surface area (Å²) in [5.74, 6) is 3.55. The van der Waals surface area contributed by atoms with Gasteiger partial charge in [-0.15, -0.1) is 0 Å². The second kappa shape index (κ2) is 6.12. The summed E-state index contributed by atoms with van der Waals surface area (Å²) in [4.78, 5) is 12.0. The van der Waals surface area contributed by atoms with Gasteiger partial charge in [0.15, 0.2) is 0 Å². The van der Waals surface area contributed by atoms with Crippen LogP contribution in [0, 0.1) is 11.6 Å². The van der Waals surface area contributed by atoms with Gasteiger partial charge in [-0.25, -0.2) is 8.78 Å². The molecule has 0 aromatic heterocycles. The van der Waals surface area contributed by atoms with Crippen molar-refractivity contribution in [3.63, 3.8) is 0 Å². The Morgan fingerprint density at radius 2 is 1.90 bits per heavy atom. The first-order valence-corrected chi connectivity index (χ1v) is 5.89. The van der Waals surface area contributed by atoms with Gasteiger partial charge in [-0.05, 0) is 18.2 Å². The van der Waals surface area contributed by atoms with E-state index in [0.29, 0.717) is 11.3 Å². The lowest BCUT2D eigenvalue weighted by Gasteiger charge is -2.10. The van der Waals surface area contributed by atoms with Gasteiger partial charge in [0.1, 0.15) is 11.6 Å². The van der Waals surface area contributed by atoms with Crippen LogP contribution in [0.25, 0.3) is 0 Å². The van der Waals surface area contributed by atoms with Crippen LogP contribution >= 0.6 is 0 Å². The minimum absolute atomic E-state index is 0.0378. The maximum absolute atomic E-state index is 13.4. The van der Waals surface area contributed by atoms with Gasteiger partial charge in [0.25, 0.3) is 5.91 Å². The molecule has 6 heteroatoms. The molecule has 2 aromatic carbocycles. The van der Waals surface area contributed by atoms with E-state index < -0.39 is 17.5 Å². The first-order chi connectivity index (χ1) is 9.61. The van der Waals surface area contributed by atoms with Crippen molar-refractivity contribution in [3.8, 4) is 0 Å². The molecule has 104 valence electrons. The normalized spacial score (nSPS) is 10.2. The molecule has 0 radical (unpaired) electrons. The van der Waals surface area contributed by atoms with Gasteiger partial charge < -0.3 is 10.7 Å². The summed E-state index contributed by atoms with van der Waals surface area (Å²) < 4.78 is 26.2. The fourth-order valence-electron chi connectivity index (χ4n) is 1.74. The Kier molecular flexibility index (Phi) is 4.27. The van der Waals surface area contributed by atoms with Crippen LogP contribution in [0.2, 0.25) is 0 Å². The predicted molar refractivity (Wildman–Crippen MR) is 71.8 cm³/mol. The molecule has 4 N–H and O–H groups in total. The Hall–Kier alpha value is -2.47. The average Bonchev–Trinajstić information content (AvgIpc) is 2.46. The van der Waals surface area contributed by atoms with E-state index in [1.807, 2.05) is 0 Å². The number of carbonyl (C=O) groups is 1. The van der Waals surface area contributed by atoms with Crippen LogP contribution in [0.1, 0.15) is 15.9 Å². The lowest BCUT2D eigenvalue weighted by atomic mass is 10.1. The highest BCUT2D eigenvalue weighted by Gasteiger charge is 2.11. The molecule has 0 aliphatic rings. The van der Waals surface area contributed by atoms with Crippen LogP contribution in [0.15, 0.2) is 42.5 Å². The first kappa shape index (κ1) is 14.0. The van der Waals surface area contributed by atoms with Crippen molar-refractivity contribution in [3.05, 3.63) is 65.2 Å². The number of rotatable bonds is 4. The molecule has 0 atom stereocenters. The second-order valence-corrected chi connectivity index (χ2v) is 4.11. The van der Waals surface area contributed by atoms with Crippen molar-refractivity contribution in [2.24, 2.45) is 5.84 Å². The van der Waals surface area contributed by atoms with E-state index >= 15 is 0 Å². The number of nitrogens with two attached hydrogens (primary N) is 1. The number of hydrazine groups is 1. The number of halogens is 2. The maximum atomic E-state index is 13.4. The molecule has 0 unspecified atom stereocenters. The van der Waals surface area contributed by atoms with Crippen molar-refractivity contribution < 1.29 is 13.6 Å². The van der Waals surface area contributed by atoms with E-state index in [2.05, 4.69) is 10.7 Å². The highest BCUT2D eigenvalue weighted by atomic mass is 19.1. The van der Waals surface area contributed by atoms with Gasteiger partial charge in [-0.3, -0.25) is 10.6 Å². The number of amides is 1. The fourth-order valence-corrected chi connectivity index (χ4v) is 1.74. The van der Waals surface area contributed by atoms with Crippen LogP contribution < -0.4 is 16.6 Å². The number of hydrogen-bond donors (Lipinski definition) is 3. The summed E-state index contributed by atoms with van der Waals surface area (Å²) >= 11 is 0. The zero-order chi connectivity index (χ0) is 14.5. The van der Waals surface area contributed by atoms with E-state index in [9.17, 15) is 13.6 Å². The molecule has 20 heavy (non-hydrogen) atoms. The Morgan fingerprint density at radius 3 is 2.60 bits per heavy atom. The number of nitrogens with one attached hydrogen (secondary N) is 2. The van der Waals surface area contributed by atoms with Crippen molar-refractivity contribution in [1.82, 2.24) is 5.32 Å². The highest BCUT2D eigenvalue weighted by molar-refractivity contribution is 5.99. The Bertz CT molecular complexity index is 632. The fraction of sp³-hybridized carbons (Fsp3) is 0.0714. The van der Waals surface area contributed by atoms with Gasteiger partial charge in [-0.1, -0.05) is 18.2 Å². The third-order valence-corrected chi connectivity index (χ3v) is 2.78. The molecule has 0 saturated heterocycles. The number of hydrogen-bond acceptors (Lipinski definition) is 3. The summed E-state index contributed by atoms with van der Waals surface area (Å²) in [5, 5.41) is 2.55. The maximum Gasteiger partial charge on any atom is 0.253 e. The molecule has 0 heterocycles. The number of para-hydroxylation sites is 1. The molecule has 0 fully saturated rings. The monoisotopic (exact) mass is 277 g/mol. The number of benzene rings is 2. The zero-order valence-corrected chi connectivity index (χ0v) is 10.5. The average molecular weight is 277 g/mol. The Labute approximate surface area is 114 Å². The van der Waals surface area contributed by atoms with Crippen LogP contribution in [0.3, 0.4) is 0 Å². The number of carbonyl (C=O) groups excluding carboxylic acids is 1. The zero-order valence-electron chi connectivity index (χ0n) is 10.5. The quantitative estimate of drug-likeness (QED) is 0.592. The van der Waals surface area contributed by atoms with E-state index in [1.165, 1.54) is 6.07 Å². The smallest absolute Gasteiger partial charge is 0.253 e. The molecule has 2 aromatic rings. The largest absolute Gasteiger partial charge is 0.348 e. The third kappa shape index (κ3) is 3.10. The van der Waals surface area contributed by atoms with E-state index in [1.54, 1.807) is 24.3 Å². The van der Waals surface area contributed by atoms with E-state index in [4.69, 9.17) is 5.84 Å². The summed E-state index contributed by atoms with van der Waals surface area (Å²) in [6, 6.07) is 9.85. The minimum atomic E-state index is -0.699. The molecular weight excluding hydrogens is 264 g/mol. The molecule has 2 rings (SSSR count). The van der Waals surface area contributed by atoms with Crippen LogP contribution in [-0.4, -0.2) is 5.91 Å². The first-order valence-electron chi connectivity index (χ1n) is 5.89. The molecular formula is C14H13F2N3O. The van der Waals surface area contributed by atoms with Crippen LogP contribution in [0.5, 0.6) is 0 Å². The summed E-state index contributed by atoms with van der Waals surface area (Å²) in [7, 11) is 0. The van der Waals surface area contributed by atoms with E-state index in [0.717, 1.165) is 12.1 Å². The summed E-state index contributed by atoms with van der Waals surface area (Å²) in [5.41, 5.74) is 3.42. The Morgan fingerprint density at radius 1 is 1.15 bits per heavy atom. The van der Waals surface area contributed by atoms with E-state index in [-0.39, 0.29) is 12.1 Å². The van der Waals surface area contributed by atoms with Gasteiger partial charge in [0.2, 0.25) is 0 Å². The SMILES string of the molecule is NNc1ccccc1C(=O)NCc1ccc(F)cc1F. The minimum Gasteiger partial charge on any atom is -0.348 e. The molecule has 0 aliphatic carbocycles. The lowest BCUT2D eigenvalue weighted by Crippen LogP contribution is -2.25. The van der Waals surface area contributed by atoms with Gasteiger partial charge >= 0.3 is 0 Å². The van der Waals surface area contributed by atoms with Crippen molar-refractivity contribution in [2.75, 3.05) is 5.43 Å². The van der Waals surface area contributed by atoms with Crippen LogP contribution in [0.4, 0.5) is 14.5 Å². The summed E-state index contributed by atoms with van der Waals surface area (Å²) in [6.07, 6.45) is 0. The molecule has 0 saturated carbocycles. The van der Waals surface area contributed by atoms with Gasteiger partial charge in [0, 0.05) is 18.2 Å². The lowest BCUT2D eigenvalue weighted by molar-refractivity contribution is 0.0951. The number of nitrogen functional groups attached to an aromatic ring is 1. The van der Waals surface area contributed by atoms with Crippen LogP contribution in [-0.2, 0) is 6.54 Å². The molecule has 1 amide bonds. The van der Waals surface area contributed by atoms with Crippen molar-refractivity contribution >= 4 is 11.6 Å². The van der Waals surface area contributed by atoms with Crippen molar-refractivity contribution in [1.29, 1.82) is 0 Å². The highest BCUT2D eigenvalue weighted by Crippen LogP contribution is 2.14. The molecule has 4 nitrogen and oxygen atoms in total. The molecule has 0 spiro atoms. The van der Waals surface area contributed by atoms with Gasteiger partial charge in [0.05, 0.1) is 11.3 Å². The molecule has 0 aliphatic heterocycles. The summed E-state index contributed by atoms with van der Waals surface area (Å²) in [6.45, 7) is -0.0378. The Balaban J connectivity index is 2.09. The second-order valence-electron chi connectivity index (χ2n) is 4.11. The number of anilines is 1.